The Kier molecular flexibility index (Phi) is 1.76. The summed E-state index contributed by atoms with van der Waals surface area (Å²) in [6.07, 6.45) is 2.49. The third-order valence-corrected chi connectivity index (χ3v) is 3.28. The lowest BCUT2D eigenvalue weighted by atomic mass is 10.2. The number of nitrogens with zero attached hydrogens (tertiary/aromatic N) is 2. The van der Waals surface area contributed by atoms with Crippen molar-refractivity contribution in [1.29, 1.82) is 0 Å². The molecule has 0 aliphatic rings. The van der Waals surface area contributed by atoms with Gasteiger partial charge in [0, 0.05) is 5.39 Å². The summed E-state index contributed by atoms with van der Waals surface area (Å²) in [6.45, 7) is 0. The van der Waals surface area contributed by atoms with Gasteiger partial charge in [0.15, 0.2) is 11.3 Å². The largest absolute Gasteiger partial charge is 0.295 e. The molecule has 0 radical (unpaired) electrons. The van der Waals surface area contributed by atoms with Crippen LogP contribution in [0.1, 0.15) is 9.80 Å². The van der Waals surface area contributed by atoms with Crippen LogP contribution in [-0.4, -0.2) is 16.3 Å². The highest BCUT2D eigenvalue weighted by Crippen LogP contribution is 2.27. The third kappa shape index (κ3) is 1.22. The molecule has 0 spiro atoms. The third-order valence-electron chi connectivity index (χ3n) is 2.25. The van der Waals surface area contributed by atoms with Crippen LogP contribution in [0.25, 0.3) is 21.1 Å². The van der Waals surface area contributed by atoms with Crippen molar-refractivity contribution in [2.75, 3.05) is 0 Å². The van der Waals surface area contributed by atoms with E-state index in [2.05, 4.69) is 9.97 Å². The molecule has 72 valence electrons. The zero-order valence-corrected chi connectivity index (χ0v) is 8.49. The lowest BCUT2D eigenvalue weighted by molar-refractivity contribution is 0.112. The average Bonchev–Trinajstić information content (AvgIpc) is 2.72. The van der Waals surface area contributed by atoms with Crippen molar-refractivity contribution in [3.63, 3.8) is 0 Å². The summed E-state index contributed by atoms with van der Waals surface area (Å²) in [5.41, 5.74) is 1.73. The maximum atomic E-state index is 10.6. The fourth-order valence-corrected chi connectivity index (χ4v) is 2.48. The van der Waals surface area contributed by atoms with E-state index in [1.165, 1.54) is 11.3 Å². The molecule has 0 N–H and O–H groups in total. The lowest BCUT2D eigenvalue weighted by Gasteiger charge is -1.95. The molecule has 0 aliphatic carbocycles. The number of pyridine rings is 1. The minimum atomic E-state index is 0.503. The quantitative estimate of drug-likeness (QED) is 0.585. The van der Waals surface area contributed by atoms with Crippen LogP contribution in [0.2, 0.25) is 0 Å². The van der Waals surface area contributed by atoms with Crippen molar-refractivity contribution < 1.29 is 4.79 Å². The summed E-state index contributed by atoms with van der Waals surface area (Å²) in [5, 5.41) is 1.56. The van der Waals surface area contributed by atoms with Crippen LogP contribution in [0.4, 0.5) is 0 Å². The molecule has 0 bridgehead atoms. The Balaban J connectivity index is 2.52. The fourth-order valence-electron chi connectivity index (χ4n) is 1.59. The fraction of sp³-hybridized carbons (Fsp3) is 0. The van der Waals surface area contributed by atoms with Crippen molar-refractivity contribution in [2.24, 2.45) is 0 Å². The van der Waals surface area contributed by atoms with Gasteiger partial charge in [0.2, 0.25) is 0 Å². The van der Waals surface area contributed by atoms with Gasteiger partial charge in [0.25, 0.3) is 0 Å². The first-order valence-corrected chi connectivity index (χ1v) is 5.29. The van der Waals surface area contributed by atoms with E-state index in [4.69, 9.17) is 0 Å². The summed E-state index contributed by atoms with van der Waals surface area (Å²) in [4.78, 5) is 19.1. The second kappa shape index (κ2) is 3.10. The number of carbonyl (C=O) groups is 1. The Labute approximate surface area is 89.4 Å². The van der Waals surface area contributed by atoms with E-state index in [1.54, 1.807) is 6.20 Å². The monoisotopic (exact) mass is 214 g/mol. The van der Waals surface area contributed by atoms with E-state index in [-0.39, 0.29) is 0 Å². The number of rotatable bonds is 1. The number of hydrogen-bond donors (Lipinski definition) is 0. The molecule has 3 rings (SSSR count). The molecule has 1 aromatic carbocycles. The lowest BCUT2D eigenvalue weighted by Crippen LogP contribution is -1.78. The first-order chi connectivity index (χ1) is 7.38. The van der Waals surface area contributed by atoms with E-state index < -0.39 is 0 Å². The van der Waals surface area contributed by atoms with E-state index in [1.807, 2.05) is 24.3 Å². The Morgan fingerprint density at radius 1 is 1.20 bits per heavy atom. The summed E-state index contributed by atoms with van der Waals surface area (Å²) >= 11 is 1.41. The molecule has 0 unspecified atom stereocenters. The average molecular weight is 214 g/mol. The number of aromatic nitrogens is 2. The topological polar surface area (TPSA) is 42.9 Å². The summed E-state index contributed by atoms with van der Waals surface area (Å²) in [5.74, 6) is 0. The number of fused-ring (bicyclic) bond motifs is 3. The van der Waals surface area contributed by atoms with Gasteiger partial charge in [-0.15, -0.1) is 11.3 Å². The predicted molar refractivity (Wildman–Crippen MR) is 60.3 cm³/mol. The first-order valence-electron chi connectivity index (χ1n) is 4.48. The summed E-state index contributed by atoms with van der Waals surface area (Å²) in [7, 11) is 0. The van der Waals surface area contributed by atoms with Crippen molar-refractivity contribution in [1.82, 2.24) is 9.97 Å². The summed E-state index contributed by atoms with van der Waals surface area (Å²) < 4.78 is 1.03. The van der Waals surface area contributed by atoms with Gasteiger partial charge in [0.1, 0.15) is 5.52 Å². The van der Waals surface area contributed by atoms with Crippen LogP contribution >= 0.6 is 11.3 Å². The Morgan fingerprint density at radius 2 is 2.07 bits per heavy atom. The van der Waals surface area contributed by atoms with Crippen molar-refractivity contribution in [2.45, 2.75) is 0 Å². The van der Waals surface area contributed by atoms with E-state index in [9.17, 15) is 4.79 Å². The molecule has 0 amide bonds. The van der Waals surface area contributed by atoms with Gasteiger partial charge in [-0.2, -0.15) is 0 Å². The van der Waals surface area contributed by atoms with E-state index in [0.717, 1.165) is 27.4 Å². The van der Waals surface area contributed by atoms with E-state index in [0.29, 0.717) is 5.01 Å². The van der Waals surface area contributed by atoms with Crippen LogP contribution in [-0.2, 0) is 0 Å². The SMILES string of the molecule is O=Cc1nc2cnc3ccccc3c2s1. The van der Waals surface area contributed by atoms with Crippen LogP contribution in [0.5, 0.6) is 0 Å². The smallest absolute Gasteiger partial charge is 0.178 e. The zero-order valence-electron chi connectivity index (χ0n) is 7.68. The summed E-state index contributed by atoms with van der Waals surface area (Å²) in [6, 6.07) is 7.86. The molecular weight excluding hydrogens is 208 g/mol. The molecule has 0 aliphatic heterocycles. The number of para-hydroxylation sites is 1. The maximum Gasteiger partial charge on any atom is 0.178 e. The molecule has 2 heterocycles. The van der Waals surface area contributed by atoms with Crippen molar-refractivity contribution >= 4 is 38.7 Å². The molecule has 3 aromatic rings. The molecule has 0 saturated heterocycles. The van der Waals surface area contributed by atoms with Crippen molar-refractivity contribution in [3.8, 4) is 0 Å². The number of aldehydes is 1. The number of carbonyl (C=O) groups excluding carboxylic acids is 1. The van der Waals surface area contributed by atoms with Crippen LogP contribution in [0.3, 0.4) is 0 Å². The minimum Gasteiger partial charge on any atom is -0.295 e. The highest BCUT2D eigenvalue weighted by molar-refractivity contribution is 7.20. The normalized spacial score (nSPS) is 10.9. The predicted octanol–water partition coefficient (Wildman–Crippen LogP) is 2.66. The Bertz CT molecular complexity index is 660. The molecule has 0 saturated carbocycles. The molecule has 0 atom stereocenters. The molecule has 3 nitrogen and oxygen atoms in total. The Morgan fingerprint density at radius 3 is 2.93 bits per heavy atom. The number of hydrogen-bond acceptors (Lipinski definition) is 4. The highest BCUT2D eigenvalue weighted by atomic mass is 32.1. The first kappa shape index (κ1) is 8.49. The number of thiazole rings is 1. The van der Waals surface area contributed by atoms with Crippen LogP contribution in [0, 0.1) is 0 Å². The van der Waals surface area contributed by atoms with Crippen LogP contribution in [0.15, 0.2) is 30.5 Å². The van der Waals surface area contributed by atoms with Gasteiger partial charge >= 0.3 is 0 Å². The van der Waals surface area contributed by atoms with Gasteiger partial charge in [-0.1, -0.05) is 18.2 Å². The second-order valence-electron chi connectivity index (χ2n) is 3.16. The maximum absolute atomic E-state index is 10.6. The molecular formula is C11H6N2OS. The number of benzene rings is 1. The standard InChI is InChI=1S/C11H6N2OS/c14-6-10-13-9-5-12-8-4-2-1-3-7(8)11(9)15-10/h1-6H. The van der Waals surface area contributed by atoms with Gasteiger partial charge < -0.3 is 0 Å². The minimum absolute atomic E-state index is 0.503. The zero-order chi connectivity index (χ0) is 10.3. The van der Waals surface area contributed by atoms with E-state index >= 15 is 0 Å². The van der Waals surface area contributed by atoms with Crippen molar-refractivity contribution in [3.05, 3.63) is 35.5 Å². The molecule has 4 heteroatoms. The van der Waals surface area contributed by atoms with Crippen LogP contribution < -0.4 is 0 Å². The second-order valence-corrected chi connectivity index (χ2v) is 4.19. The highest BCUT2D eigenvalue weighted by Gasteiger charge is 2.06. The van der Waals surface area contributed by atoms with Gasteiger partial charge in [-0.05, 0) is 6.07 Å². The molecule has 2 aromatic heterocycles. The van der Waals surface area contributed by atoms with Gasteiger partial charge in [-0.3, -0.25) is 9.78 Å². The molecule has 15 heavy (non-hydrogen) atoms. The van der Waals surface area contributed by atoms with Gasteiger partial charge in [-0.25, -0.2) is 4.98 Å². The Hall–Kier alpha value is -1.81. The van der Waals surface area contributed by atoms with Gasteiger partial charge in [0.05, 0.1) is 16.4 Å². The molecule has 0 fully saturated rings.